The molecule has 2 rings (SSSR count). The van der Waals surface area contributed by atoms with Crippen LogP contribution in [0.5, 0.6) is 0 Å². The second-order valence-corrected chi connectivity index (χ2v) is 4.18. The molecule has 9 heteroatoms. The van der Waals surface area contributed by atoms with Crippen molar-refractivity contribution in [2.24, 2.45) is 7.05 Å². The van der Waals surface area contributed by atoms with Gasteiger partial charge in [0.25, 0.3) is 5.82 Å². The lowest BCUT2D eigenvalue weighted by atomic mass is 10.6. The van der Waals surface area contributed by atoms with E-state index in [2.05, 4.69) is 15.2 Å². The van der Waals surface area contributed by atoms with Crippen molar-refractivity contribution in [1.29, 1.82) is 0 Å². The van der Waals surface area contributed by atoms with Gasteiger partial charge in [-0.1, -0.05) is 11.3 Å². The third kappa shape index (κ3) is 1.68. The molecule has 0 saturated heterocycles. The molecule has 0 fully saturated rings. The van der Waals surface area contributed by atoms with Crippen LogP contribution in [0.2, 0.25) is 4.47 Å². The van der Waals surface area contributed by atoms with Gasteiger partial charge < -0.3 is 10.1 Å². The zero-order valence-electron chi connectivity index (χ0n) is 7.42. The Labute approximate surface area is 92.5 Å². The first-order chi connectivity index (χ1) is 7.09. The Morgan fingerprint density at radius 3 is 2.80 bits per heavy atom. The number of halogens is 1. The van der Waals surface area contributed by atoms with Gasteiger partial charge in [-0.05, 0) is 16.5 Å². The Hall–Kier alpha value is -1.54. The number of aromatic nitrogens is 4. The highest BCUT2D eigenvalue weighted by Gasteiger charge is 2.20. The van der Waals surface area contributed by atoms with Crippen molar-refractivity contribution in [3.63, 3.8) is 0 Å². The first-order valence-corrected chi connectivity index (χ1v) is 4.94. The summed E-state index contributed by atoms with van der Waals surface area (Å²) in [6.45, 7) is 0. The van der Waals surface area contributed by atoms with Gasteiger partial charge in [-0.3, -0.25) is 0 Å². The van der Waals surface area contributed by atoms with Gasteiger partial charge in [0.15, 0.2) is 0 Å². The fraction of sp³-hybridized carbons (Fsp3) is 0.167. The van der Waals surface area contributed by atoms with Crippen LogP contribution in [-0.4, -0.2) is 24.7 Å². The Morgan fingerprint density at radius 1 is 1.60 bits per heavy atom. The van der Waals surface area contributed by atoms with Gasteiger partial charge in [0, 0.05) is 0 Å². The molecule has 0 bridgehead atoms. The maximum atomic E-state index is 10.6. The van der Waals surface area contributed by atoms with Crippen LogP contribution in [0.4, 0.5) is 5.82 Å². The summed E-state index contributed by atoms with van der Waals surface area (Å²) < 4.78 is 1.60. The summed E-state index contributed by atoms with van der Waals surface area (Å²) in [7, 11) is 1.54. The second kappa shape index (κ2) is 3.55. The van der Waals surface area contributed by atoms with E-state index in [9.17, 15) is 10.1 Å². The minimum absolute atomic E-state index is 0.101. The lowest BCUT2D eigenvalue weighted by Gasteiger charge is -1.94. The smallest absolute Gasteiger partial charge is 0.342 e. The monoisotopic (exact) mass is 245 g/mol. The number of hydrogen-bond acceptors (Lipinski definition) is 6. The van der Waals surface area contributed by atoms with Crippen LogP contribution in [0.1, 0.15) is 0 Å². The van der Waals surface area contributed by atoms with Crippen LogP contribution in [0.3, 0.4) is 0 Å². The summed E-state index contributed by atoms with van der Waals surface area (Å²) in [6, 6.07) is 0. The van der Waals surface area contributed by atoms with Crippen molar-refractivity contribution < 1.29 is 4.92 Å². The van der Waals surface area contributed by atoms with Crippen molar-refractivity contribution in [2.45, 2.75) is 0 Å². The zero-order valence-corrected chi connectivity index (χ0v) is 8.99. The average molecular weight is 246 g/mol. The van der Waals surface area contributed by atoms with Crippen LogP contribution in [0, 0.1) is 10.1 Å². The van der Waals surface area contributed by atoms with E-state index in [1.165, 1.54) is 17.8 Å². The van der Waals surface area contributed by atoms with Crippen molar-refractivity contribution in [1.82, 2.24) is 19.7 Å². The highest BCUT2D eigenvalue weighted by molar-refractivity contribution is 7.18. The summed E-state index contributed by atoms with van der Waals surface area (Å²) >= 11 is 6.72. The van der Waals surface area contributed by atoms with Crippen LogP contribution in [-0.2, 0) is 7.05 Å². The van der Waals surface area contributed by atoms with E-state index in [0.717, 1.165) is 11.3 Å². The van der Waals surface area contributed by atoms with Crippen molar-refractivity contribution >= 4 is 28.8 Å². The molecule has 2 aromatic rings. The van der Waals surface area contributed by atoms with Gasteiger partial charge in [0.2, 0.25) is 9.47 Å². The quantitative estimate of drug-likeness (QED) is 0.591. The summed E-state index contributed by atoms with van der Waals surface area (Å²) in [4.78, 5) is 13.9. The van der Waals surface area contributed by atoms with Gasteiger partial charge >= 0.3 is 5.82 Å². The molecule has 0 N–H and O–H groups in total. The SMILES string of the molecule is Cn1c([N+](=O)[O-])cnc1-c1nnc(Cl)s1. The molecule has 0 spiro atoms. The predicted molar refractivity (Wildman–Crippen MR) is 53.8 cm³/mol. The standard InChI is InChI=1S/C6H4ClN5O2S/c1-11-3(12(13)14)2-8-4(11)5-9-10-6(7)15-5/h2H,1H3. The molecule has 15 heavy (non-hydrogen) atoms. The number of nitro groups is 1. The summed E-state index contributed by atoms with van der Waals surface area (Å²) in [6.07, 6.45) is 1.17. The molecule has 0 radical (unpaired) electrons. The molecule has 7 nitrogen and oxygen atoms in total. The zero-order chi connectivity index (χ0) is 11.0. The van der Waals surface area contributed by atoms with Crippen LogP contribution < -0.4 is 0 Å². The number of rotatable bonds is 2. The normalized spacial score (nSPS) is 10.5. The van der Waals surface area contributed by atoms with Crippen LogP contribution in [0.15, 0.2) is 6.20 Å². The molecule has 0 aliphatic carbocycles. The molecular weight excluding hydrogens is 242 g/mol. The largest absolute Gasteiger partial charge is 0.358 e. The summed E-state index contributed by atoms with van der Waals surface area (Å²) in [5, 5.41) is 18.4. The van der Waals surface area contributed by atoms with Gasteiger partial charge in [-0.25, -0.2) is 9.55 Å². The predicted octanol–water partition coefficient (Wildman–Crippen LogP) is 1.50. The minimum atomic E-state index is -0.515. The molecule has 0 aliphatic rings. The third-order valence-corrected chi connectivity index (χ3v) is 2.76. The minimum Gasteiger partial charge on any atom is -0.358 e. The van der Waals surface area contributed by atoms with E-state index in [0.29, 0.717) is 10.8 Å². The fourth-order valence-corrected chi connectivity index (χ4v) is 1.93. The van der Waals surface area contributed by atoms with Gasteiger partial charge in [0.05, 0.1) is 7.05 Å². The molecule has 0 unspecified atom stereocenters. The van der Waals surface area contributed by atoms with Crippen molar-refractivity contribution in [3.05, 3.63) is 20.8 Å². The molecule has 0 atom stereocenters. The van der Waals surface area contributed by atoms with E-state index in [1.807, 2.05) is 0 Å². The number of hydrogen-bond donors (Lipinski definition) is 0. The van der Waals surface area contributed by atoms with Gasteiger partial charge in [-0.15, -0.1) is 10.2 Å². The van der Waals surface area contributed by atoms with E-state index < -0.39 is 4.92 Å². The molecule has 2 heterocycles. The first kappa shape index (κ1) is 9.99. The Kier molecular flexibility index (Phi) is 2.37. The van der Waals surface area contributed by atoms with Gasteiger partial charge in [0.1, 0.15) is 6.20 Å². The summed E-state index contributed by atoms with van der Waals surface area (Å²) in [5.74, 6) is 0.280. The fourth-order valence-electron chi connectivity index (χ4n) is 1.06. The van der Waals surface area contributed by atoms with E-state index in [-0.39, 0.29) is 10.3 Å². The second-order valence-electron chi connectivity index (χ2n) is 2.62. The van der Waals surface area contributed by atoms with Crippen LogP contribution in [0.25, 0.3) is 10.8 Å². The topological polar surface area (TPSA) is 86.7 Å². The van der Waals surface area contributed by atoms with E-state index in [4.69, 9.17) is 11.6 Å². The molecule has 0 saturated carbocycles. The van der Waals surface area contributed by atoms with Gasteiger partial charge in [-0.2, -0.15) is 0 Å². The maximum Gasteiger partial charge on any atom is 0.342 e. The molecular formula is C6H4ClN5O2S. The molecule has 78 valence electrons. The lowest BCUT2D eigenvalue weighted by molar-refractivity contribution is -0.391. The van der Waals surface area contributed by atoms with E-state index >= 15 is 0 Å². The average Bonchev–Trinajstić information content (AvgIpc) is 2.71. The Morgan fingerprint density at radius 2 is 2.33 bits per heavy atom. The number of imidazole rings is 1. The third-order valence-electron chi connectivity index (χ3n) is 1.74. The first-order valence-electron chi connectivity index (χ1n) is 3.75. The van der Waals surface area contributed by atoms with Crippen LogP contribution >= 0.6 is 22.9 Å². The highest BCUT2D eigenvalue weighted by atomic mass is 35.5. The van der Waals surface area contributed by atoms with E-state index in [1.54, 1.807) is 0 Å². The molecule has 2 aromatic heterocycles. The Balaban J connectivity index is 2.50. The number of nitrogens with zero attached hydrogens (tertiary/aromatic N) is 5. The Bertz CT molecular complexity index is 521. The lowest BCUT2D eigenvalue weighted by Crippen LogP contribution is -1.98. The molecule has 0 aromatic carbocycles. The van der Waals surface area contributed by atoms with Crippen molar-refractivity contribution in [3.8, 4) is 10.8 Å². The van der Waals surface area contributed by atoms with Crippen molar-refractivity contribution in [2.75, 3.05) is 0 Å². The summed E-state index contributed by atoms with van der Waals surface area (Å²) in [5.41, 5.74) is 0. The highest BCUT2D eigenvalue weighted by Crippen LogP contribution is 2.26. The molecule has 0 amide bonds. The maximum absolute atomic E-state index is 10.6. The molecule has 0 aliphatic heterocycles.